The molecule has 2 rings (SSSR count). The largest absolute Gasteiger partial charge is 0.272 e. The van der Waals surface area contributed by atoms with E-state index < -0.39 is 21.4 Å². The Bertz CT molecular complexity index is 629. The number of alkyl halides is 1. The first-order valence-electron chi connectivity index (χ1n) is 5.79. The molecule has 2 aromatic rings. The highest BCUT2D eigenvalue weighted by atomic mass is 79.9. The maximum atomic E-state index is 13.2. The fourth-order valence-electron chi connectivity index (χ4n) is 1.93. The number of nitrogens with zero attached hydrogens (tertiary/aromatic N) is 1. The highest BCUT2D eigenvalue weighted by molar-refractivity contribution is 9.09. The first kappa shape index (κ1) is 14.6. The Morgan fingerprint density at radius 2 is 1.75 bits per heavy atom. The summed E-state index contributed by atoms with van der Waals surface area (Å²) < 4.78 is 26.3. The molecule has 0 saturated carbocycles. The van der Waals surface area contributed by atoms with Crippen molar-refractivity contribution in [1.29, 1.82) is 0 Å². The Labute approximate surface area is 122 Å². The lowest BCUT2D eigenvalue weighted by Gasteiger charge is -2.11. The minimum Gasteiger partial charge on any atom is -0.258 e. The normalized spacial score (nSPS) is 12.2. The van der Waals surface area contributed by atoms with E-state index in [0.29, 0.717) is 11.1 Å². The molecule has 0 aliphatic carbocycles. The van der Waals surface area contributed by atoms with Gasteiger partial charge in [-0.2, -0.15) is 0 Å². The summed E-state index contributed by atoms with van der Waals surface area (Å²) in [5.41, 5.74) is 0.901. The quantitative estimate of drug-likeness (QED) is 0.465. The molecular weight excluding hydrogens is 332 g/mol. The number of rotatable bonds is 4. The predicted molar refractivity (Wildman–Crippen MR) is 74.8 cm³/mol. The molecule has 0 aliphatic rings. The van der Waals surface area contributed by atoms with E-state index >= 15 is 0 Å². The van der Waals surface area contributed by atoms with Gasteiger partial charge in [0.1, 0.15) is 11.6 Å². The van der Waals surface area contributed by atoms with Crippen molar-refractivity contribution in [2.75, 3.05) is 0 Å². The van der Waals surface area contributed by atoms with Crippen LogP contribution in [-0.2, 0) is 6.42 Å². The smallest absolute Gasteiger partial charge is 0.258 e. The summed E-state index contributed by atoms with van der Waals surface area (Å²) in [6, 6.07) is 9.49. The molecular formula is C14H10BrF2NO2. The molecule has 1 unspecified atom stereocenters. The Morgan fingerprint density at radius 1 is 1.15 bits per heavy atom. The summed E-state index contributed by atoms with van der Waals surface area (Å²) in [6.45, 7) is 0. The molecule has 0 fully saturated rings. The van der Waals surface area contributed by atoms with Crippen molar-refractivity contribution in [1.82, 2.24) is 0 Å². The van der Waals surface area contributed by atoms with Crippen LogP contribution < -0.4 is 0 Å². The average Bonchev–Trinajstić information content (AvgIpc) is 2.37. The highest BCUT2D eigenvalue weighted by Crippen LogP contribution is 2.31. The molecule has 0 spiro atoms. The zero-order valence-corrected chi connectivity index (χ0v) is 11.8. The van der Waals surface area contributed by atoms with E-state index in [9.17, 15) is 18.9 Å². The van der Waals surface area contributed by atoms with E-state index in [2.05, 4.69) is 15.9 Å². The van der Waals surface area contributed by atoms with Gasteiger partial charge in [-0.15, -0.1) is 0 Å². The highest BCUT2D eigenvalue weighted by Gasteiger charge is 2.17. The maximum absolute atomic E-state index is 13.2. The zero-order chi connectivity index (χ0) is 14.7. The van der Waals surface area contributed by atoms with E-state index in [1.807, 2.05) is 0 Å². The third-order valence-electron chi connectivity index (χ3n) is 2.83. The van der Waals surface area contributed by atoms with Crippen LogP contribution >= 0.6 is 15.9 Å². The molecule has 0 heterocycles. The lowest BCUT2D eigenvalue weighted by Crippen LogP contribution is -2.01. The summed E-state index contributed by atoms with van der Waals surface area (Å²) in [7, 11) is 0. The van der Waals surface area contributed by atoms with Crippen molar-refractivity contribution < 1.29 is 13.7 Å². The van der Waals surface area contributed by atoms with Crippen molar-refractivity contribution >= 4 is 21.6 Å². The lowest BCUT2D eigenvalue weighted by molar-refractivity contribution is -0.385. The monoisotopic (exact) mass is 341 g/mol. The number of hydrogen-bond acceptors (Lipinski definition) is 2. The fourth-order valence-corrected chi connectivity index (χ4v) is 2.54. The Kier molecular flexibility index (Phi) is 4.44. The second-order valence-corrected chi connectivity index (χ2v) is 5.37. The summed E-state index contributed by atoms with van der Waals surface area (Å²) in [5, 5.41) is 10.9. The summed E-state index contributed by atoms with van der Waals surface area (Å²) >= 11 is 3.32. The van der Waals surface area contributed by atoms with E-state index in [0.717, 1.165) is 6.07 Å². The first-order valence-corrected chi connectivity index (χ1v) is 6.71. The number of halogens is 3. The predicted octanol–water partition coefficient (Wildman–Crippen LogP) is 4.55. The molecule has 6 heteroatoms. The molecule has 0 saturated heterocycles. The van der Waals surface area contributed by atoms with Gasteiger partial charge >= 0.3 is 0 Å². The van der Waals surface area contributed by atoms with Gasteiger partial charge in [0.25, 0.3) is 5.69 Å². The molecule has 20 heavy (non-hydrogen) atoms. The topological polar surface area (TPSA) is 43.1 Å². The minimum absolute atomic E-state index is 0.00572. The third kappa shape index (κ3) is 3.39. The lowest BCUT2D eigenvalue weighted by atomic mass is 10.0. The van der Waals surface area contributed by atoms with Gasteiger partial charge in [-0.1, -0.05) is 34.1 Å². The van der Waals surface area contributed by atoms with Gasteiger partial charge in [0.05, 0.1) is 4.92 Å². The number of hydrogen-bond donors (Lipinski definition) is 0. The van der Waals surface area contributed by atoms with E-state index in [4.69, 9.17) is 0 Å². The minimum atomic E-state index is -0.674. The number of benzene rings is 2. The van der Waals surface area contributed by atoms with Gasteiger partial charge in [-0.25, -0.2) is 8.78 Å². The van der Waals surface area contributed by atoms with Crippen molar-refractivity contribution in [2.24, 2.45) is 0 Å². The maximum Gasteiger partial charge on any atom is 0.272 e. The third-order valence-corrected chi connectivity index (χ3v) is 3.69. The molecule has 0 aromatic heterocycles. The van der Waals surface area contributed by atoms with Crippen LogP contribution in [0.4, 0.5) is 14.5 Å². The summed E-state index contributed by atoms with van der Waals surface area (Å²) in [6.07, 6.45) is 0.264. The first-order chi connectivity index (χ1) is 9.47. The molecule has 0 aliphatic heterocycles. The Balaban J connectivity index is 2.28. The average molecular weight is 342 g/mol. The van der Waals surface area contributed by atoms with E-state index in [-0.39, 0.29) is 12.1 Å². The summed E-state index contributed by atoms with van der Waals surface area (Å²) in [5.74, 6) is -1.35. The molecule has 0 radical (unpaired) electrons. The summed E-state index contributed by atoms with van der Waals surface area (Å²) in [4.78, 5) is 10.0. The Hall–Kier alpha value is -1.82. The van der Waals surface area contributed by atoms with Crippen molar-refractivity contribution in [3.05, 3.63) is 75.3 Å². The molecule has 3 nitrogen and oxygen atoms in total. The van der Waals surface area contributed by atoms with Crippen LogP contribution in [0.3, 0.4) is 0 Å². The van der Waals surface area contributed by atoms with E-state index in [1.165, 1.54) is 18.2 Å². The van der Waals surface area contributed by atoms with Gasteiger partial charge in [-0.05, 0) is 24.1 Å². The standard InChI is InChI=1S/C14H10BrF2NO2/c15-13(10-5-11(16)8-12(17)6-10)7-9-3-1-2-4-14(9)18(19)20/h1-6,8,13H,7H2. The van der Waals surface area contributed by atoms with Crippen LogP contribution in [0.15, 0.2) is 42.5 Å². The fraction of sp³-hybridized carbons (Fsp3) is 0.143. The van der Waals surface area contributed by atoms with Gasteiger partial charge in [0, 0.05) is 22.5 Å². The second kappa shape index (κ2) is 6.09. The van der Waals surface area contributed by atoms with Crippen LogP contribution in [0.5, 0.6) is 0 Å². The van der Waals surface area contributed by atoms with Gasteiger partial charge in [0.2, 0.25) is 0 Å². The van der Waals surface area contributed by atoms with Crippen LogP contribution in [0.2, 0.25) is 0 Å². The second-order valence-electron chi connectivity index (χ2n) is 4.26. The van der Waals surface area contributed by atoms with Gasteiger partial charge in [0.15, 0.2) is 0 Å². The van der Waals surface area contributed by atoms with Crippen LogP contribution in [0.1, 0.15) is 16.0 Å². The molecule has 0 bridgehead atoms. The number of nitro benzene ring substituents is 1. The molecule has 0 amide bonds. The molecule has 0 N–H and O–H groups in total. The van der Waals surface area contributed by atoms with Crippen LogP contribution in [0.25, 0.3) is 0 Å². The van der Waals surface area contributed by atoms with Gasteiger partial charge < -0.3 is 0 Å². The molecule has 1 atom stereocenters. The number of nitro groups is 1. The van der Waals surface area contributed by atoms with Crippen molar-refractivity contribution in [3.63, 3.8) is 0 Å². The molecule has 2 aromatic carbocycles. The SMILES string of the molecule is O=[N+]([O-])c1ccccc1CC(Br)c1cc(F)cc(F)c1. The van der Waals surface area contributed by atoms with Crippen molar-refractivity contribution in [2.45, 2.75) is 11.2 Å². The molecule has 104 valence electrons. The zero-order valence-electron chi connectivity index (χ0n) is 10.2. The van der Waals surface area contributed by atoms with Crippen LogP contribution in [0, 0.1) is 21.7 Å². The van der Waals surface area contributed by atoms with Crippen LogP contribution in [-0.4, -0.2) is 4.92 Å². The van der Waals surface area contributed by atoms with Gasteiger partial charge in [-0.3, -0.25) is 10.1 Å². The van der Waals surface area contributed by atoms with Crippen molar-refractivity contribution in [3.8, 4) is 0 Å². The van der Waals surface area contributed by atoms with E-state index in [1.54, 1.807) is 18.2 Å². The Morgan fingerprint density at radius 3 is 2.35 bits per heavy atom. The number of para-hydroxylation sites is 1.